The highest BCUT2D eigenvalue weighted by molar-refractivity contribution is 5.79. The molecule has 1 aromatic rings. The van der Waals surface area contributed by atoms with Gasteiger partial charge in [0.1, 0.15) is 5.82 Å². The summed E-state index contributed by atoms with van der Waals surface area (Å²) in [4.78, 5) is 6.75. The van der Waals surface area contributed by atoms with Gasteiger partial charge >= 0.3 is 0 Å². The summed E-state index contributed by atoms with van der Waals surface area (Å²) in [6.07, 6.45) is 5.85. The molecule has 1 aliphatic rings. The molecule has 1 aromatic carbocycles. The molecule has 5 heteroatoms. The standard InChI is InChI=1S/C18H29FN4/c1-20-18(22-11-14-23-12-3-2-4-13-23)21-10-6-8-16-7-5-9-17(19)15-16/h5,7,9,15H,2-4,6,8,10-14H2,1H3,(H2,20,21,22). The first-order valence-electron chi connectivity index (χ1n) is 8.69. The normalized spacial score (nSPS) is 16.3. The Labute approximate surface area is 139 Å². The van der Waals surface area contributed by atoms with Crippen molar-refractivity contribution in [3.8, 4) is 0 Å². The zero-order chi connectivity index (χ0) is 16.3. The van der Waals surface area contributed by atoms with E-state index in [1.54, 1.807) is 19.2 Å². The second kappa shape index (κ2) is 10.2. The third-order valence-electron chi connectivity index (χ3n) is 4.22. The molecule has 0 atom stereocenters. The van der Waals surface area contributed by atoms with Gasteiger partial charge in [-0.05, 0) is 56.5 Å². The SMILES string of the molecule is CN=C(NCCCc1cccc(F)c1)NCCN1CCCCC1. The maximum Gasteiger partial charge on any atom is 0.191 e. The number of likely N-dealkylation sites (tertiary alicyclic amines) is 1. The number of hydrogen-bond donors (Lipinski definition) is 2. The van der Waals surface area contributed by atoms with Gasteiger partial charge in [0.05, 0.1) is 0 Å². The van der Waals surface area contributed by atoms with Crippen LogP contribution in [0.15, 0.2) is 29.3 Å². The Morgan fingerprint density at radius 3 is 2.70 bits per heavy atom. The fourth-order valence-electron chi connectivity index (χ4n) is 2.93. The number of benzene rings is 1. The van der Waals surface area contributed by atoms with Crippen molar-refractivity contribution >= 4 is 5.96 Å². The molecule has 0 bridgehead atoms. The topological polar surface area (TPSA) is 39.7 Å². The quantitative estimate of drug-likeness (QED) is 0.460. The van der Waals surface area contributed by atoms with Crippen molar-refractivity contribution in [1.82, 2.24) is 15.5 Å². The molecule has 0 radical (unpaired) electrons. The highest BCUT2D eigenvalue weighted by Gasteiger charge is 2.09. The van der Waals surface area contributed by atoms with Gasteiger partial charge in [0.25, 0.3) is 0 Å². The highest BCUT2D eigenvalue weighted by atomic mass is 19.1. The van der Waals surface area contributed by atoms with Crippen molar-refractivity contribution in [2.75, 3.05) is 39.8 Å². The lowest BCUT2D eigenvalue weighted by atomic mass is 10.1. The van der Waals surface area contributed by atoms with Crippen molar-refractivity contribution in [3.05, 3.63) is 35.6 Å². The average molecular weight is 320 g/mol. The molecule has 2 N–H and O–H groups in total. The van der Waals surface area contributed by atoms with E-state index in [0.717, 1.165) is 44.0 Å². The number of piperidine rings is 1. The minimum Gasteiger partial charge on any atom is -0.356 e. The third-order valence-corrected chi connectivity index (χ3v) is 4.22. The van der Waals surface area contributed by atoms with Gasteiger partial charge in [0.15, 0.2) is 5.96 Å². The molecule has 1 saturated heterocycles. The zero-order valence-electron chi connectivity index (χ0n) is 14.2. The molecule has 0 aromatic heterocycles. The Balaban J connectivity index is 1.57. The average Bonchev–Trinajstić information content (AvgIpc) is 2.58. The molecule has 0 aliphatic carbocycles. The van der Waals surface area contributed by atoms with Crippen molar-refractivity contribution in [2.45, 2.75) is 32.1 Å². The van der Waals surface area contributed by atoms with Crippen LogP contribution in [0.1, 0.15) is 31.2 Å². The Kier molecular flexibility index (Phi) is 7.87. The van der Waals surface area contributed by atoms with Crippen LogP contribution in [-0.2, 0) is 6.42 Å². The lowest BCUT2D eigenvalue weighted by Gasteiger charge is -2.26. The summed E-state index contributed by atoms with van der Waals surface area (Å²) in [5.74, 6) is 0.687. The molecule has 0 unspecified atom stereocenters. The van der Waals surface area contributed by atoms with Crippen LogP contribution in [0.4, 0.5) is 4.39 Å². The van der Waals surface area contributed by atoms with Gasteiger partial charge < -0.3 is 15.5 Å². The Hall–Kier alpha value is -1.62. The number of aliphatic imine (C=N–C) groups is 1. The number of halogens is 1. The molecular formula is C18H29FN4. The van der Waals surface area contributed by atoms with Gasteiger partial charge in [-0.15, -0.1) is 0 Å². The first-order valence-corrected chi connectivity index (χ1v) is 8.69. The van der Waals surface area contributed by atoms with Crippen LogP contribution in [0, 0.1) is 5.82 Å². The summed E-state index contributed by atoms with van der Waals surface area (Å²) in [5, 5.41) is 6.68. The number of nitrogens with one attached hydrogen (secondary N) is 2. The molecule has 4 nitrogen and oxygen atoms in total. The minimum absolute atomic E-state index is 0.161. The first-order chi connectivity index (χ1) is 11.3. The van der Waals surface area contributed by atoms with Crippen molar-refractivity contribution < 1.29 is 4.39 Å². The summed E-state index contributed by atoms with van der Waals surface area (Å²) < 4.78 is 13.1. The Morgan fingerprint density at radius 2 is 1.96 bits per heavy atom. The van der Waals surface area contributed by atoms with Crippen molar-refractivity contribution in [2.24, 2.45) is 4.99 Å². The summed E-state index contributed by atoms with van der Waals surface area (Å²) in [6.45, 7) is 5.27. The van der Waals surface area contributed by atoms with Crippen LogP contribution in [0.5, 0.6) is 0 Å². The van der Waals surface area contributed by atoms with E-state index in [-0.39, 0.29) is 5.82 Å². The van der Waals surface area contributed by atoms with Crippen LogP contribution in [-0.4, -0.2) is 50.6 Å². The largest absolute Gasteiger partial charge is 0.356 e. The predicted molar refractivity (Wildman–Crippen MR) is 94.4 cm³/mol. The lowest BCUT2D eigenvalue weighted by Crippen LogP contribution is -2.42. The number of hydrogen-bond acceptors (Lipinski definition) is 2. The van der Waals surface area contributed by atoms with E-state index in [2.05, 4.69) is 20.5 Å². The van der Waals surface area contributed by atoms with Gasteiger partial charge in [-0.1, -0.05) is 18.6 Å². The second-order valence-corrected chi connectivity index (χ2v) is 6.06. The number of aryl methyl sites for hydroxylation is 1. The molecule has 0 amide bonds. The molecule has 128 valence electrons. The van der Waals surface area contributed by atoms with Gasteiger partial charge in [-0.25, -0.2) is 4.39 Å². The molecule has 2 rings (SSSR count). The summed E-state index contributed by atoms with van der Waals surface area (Å²) in [5.41, 5.74) is 1.04. The minimum atomic E-state index is -0.161. The number of nitrogens with zero attached hydrogens (tertiary/aromatic N) is 2. The second-order valence-electron chi connectivity index (χ2n) is 6.06. The van der Waals surface area contributed by atoms with E-state index in [0.29, 0.717) is 0 Å². The van der Waals surface area contributed by atoms with Gasteiger partial charge in [-0.3, -0.25) is 4.99 Å². The number of guanidine groups is 1. The van der Waals surface area contributed by atoms with E-state index in [1.165, 1.54) is 38.4 Å². The highest BCUT2D eigenvalue weighted by Crippen LogP contribution is 2.07. The monoisotopic (exact) mass is 320 g/mol. The molecule has 1 fully saturated rings. The van der Waals surface area contributed by atoms with Gasteiger partial charge in [0, 0.05) is 26.7 Å². The Morgan fingerprint density at radius 1 is 1.17 bits per heavy atom. The Bertz CT molecular complexity index is 484. The smallest absolute Gasteiger partial charge is 0.191 e. The summed E-state index contributed by atoms with van der Waals surface area (Å²) >= 11 is 0. The van der Waals surface area contributed by atoms with Crippen molar-refractivity contribution in [3.63, 3.8) is 0 Å². The third kappa shape index (κ3) is 6.99. The van der Waals surface area contributed by atoms with Crippen LogP contribution >= 0.6 is 0 Å². The molecular weight excluding hydrogens is 291 g/mol. The van der Waals surface area contributed by atoms with Crippen LogP contribution < -0.4 is 10.6 Å². The van der Waals surface area contributed by atoms with Gasteiger partial charge in [0.2, 0.25) is 0 Å². The van der Waals surface area contributed by atoms with Crippen LogP contribution in [0.25, 0.3) is 0 Å². The van der Waals surface area contributed by atoms with Crippen LogP contribution in [0.3, 0.4) is 0 Å². The zero-order valence-corrected chi connectivity index (χ0v) is 14.2. The van der Waals surface area contributed by atoms with E-state index in [9.17, 15) is 4.39 Å². The molecule has 0 saturated carbocycles. The summed E-state index contributed by atoms with van der Waals surface area (Å²) in [7, 11) is 1.79. The van der Waals surface area contributed by atoms with Crippen LogP contribution in [0.2, 0.25) is 0 Å². The van der Waals surface area contributed by atoms with E-state index in [1.807, 2.05) is 6.07 Å². The first kappa shape index (κ1) is 17.7. The predicted octanol–water partition coefficient (Wildman–Crippen LogP) is 2.41. The van der Waals surface area contributed by atoms with Gasteiger partial charge in [-0.2, -0.15) is 0 Å². The van der Waals surface area contributed by atoms with E-state index < -0.39 is 0 Å². The maximum atomic E-state index is 13.1. The van der Waals surface area contributed by atoms with Crippen molar-refractivity contribution in [1.29, 1.82) is 0 Å². The van der Waals surface area contributed by atoms with E-state index >= 15 is 0 Å². The molecule has 0 spiro atoms. The molecule has 1 heterocycles. The fraction of sp³-hybridized carbons (Fsp3) is 0.611. The lowest BCUT2D eigenvalue weighted by molar-refractivity contribution is 0.232. The van der Waals surface area contributed by atoms with E-state index in [4.69, 9.17) is 0 Å². The molecule has 23 heavy (non-hydrogen) atoms. The fourth-order valence-corrected chi connectivity index (χ4v) is 2.93. The maximum absolute atomic E-state index is 13.1. The summed E-state index contributed by atoms with van der Waals surface area (Å²) in [6, 6.07) is 6.81. The number of rotatable bonds is 7. The molecule has 1 aliphatic heterocycles.